The maximum atomic E-state index is 14.5. The molecular formula is C23H29F. The van der Waals surface area contributed by atoms with E-state index < -0.39 is 0 Å². The lowest BCUT2D eigenvalue weighted by molar-refractivity contribution is 0.532. The van der Waals surface area contributed by atoms with Gasteiger partial charge in [0.05, 0.1) is 0 Å². The molecule has 0 bridgehead atoms. The lowest BCUT2D eigenvalue weighted by Crippen LogP contribution is -2.14. The van der Waals surface area contributed by atoms with Gasteiger partial charge in [0.2, 0.25) is 0 Å². The maximum Gasteiger partial charge on any atom is 0.126 e. The fraction of sp³-hybridized carbons (Fsp3) is 0.478. The second-order valence-electron chi connectivity index (χ2n) is 7.25. The van der Waals surface area contributed by atoms with Gasteiger partial charge < -0.3 is 0 Å². The summed E-state index contributed by atoms with van der Waals surface area (Å²) in [5.41, 5.74) is 6.40. The van der Waals surface area contributed by atoms with Crippen molar-refractivity contribution in [3.05, 3.63) is 70.0 Å². The molecule has 1 atom stereocenters. The second-order valence-corrected chi connectivity index (χ2v) is 7.25. The van der Waals surface area contributed by atoms with E-state index >= 15 is 0 Å². The van der Waals surface area contributed by atoms with Crippen molar-refractivity contribution in [2.45, 2.75) is 71.1 Å². The van der Waals surface area contributed by atoms with Gasteiger partial charge in [-0.25, -0.2) is 4.39 Å². The molecule has 2 aromatic rings. The molecule has 0 radical (unpaired) electrons. The average Bonchev–Trinajstić information content (AvgIpc) is 2.60. The fourth-order valence-electron chi connectivity index (χ4n) is 3.96. The van der Waals surface area contributed by atoms with Crippen LogP contribution < -0.4 is 0 Å². The lowest BCUT2D eigenvalue weighted by Gasteiger charge is -2.26. The SMILES string of the molecule is CCCCc1ccc2c(c1)CCC(c1ccc(CCC)cc1F)C2. The van der Waals surface area contributed by atoms with Crippen LogP contribution in [-0.4, -0.2) is 0 Å². The summed E-state index contributed by atoms with van der Waals surface area (Å²) in [7, 11) is 0. The van der Waals surface area contributed by atoms with E-state index in [0.717, 1.165) is 43.2 Å². The van der Waals surface area contributed by atoms with Crippen molar-refractivity contribution in [2.75, 3.05) is 0 Å². The molecule has 0 heterocycles. The molecule has 24 heavy (non-hydrogen) atoms. The number of aryl methyl sites for hydroxylation is 3. The average molecular weight is 324 g/mol. The molecule has 0 N–H and O–H groups in total. The summed E-state index contributed by atoms with van der Waals surface area (Å²) in [5.74, 6) is 0.323. The monoisotopic (exact) mass is 324 g/mol. The maximum absolute atomic E-state index is 14.5. The first-order valence-corrected chi connectivity index (χ1v) is 9.60. The van der Waals surface area contributed by atoms with Gasteiger partial charge in [0.15, 0.2) is 0 Å². The summed E-state index contributed by atoms with van der Waals surface area (Å²) in [6.07, 6.45) is 8.84. The molecule has 0 aliphatic heterocycles. The van der Waals surface area contributed by atoms with Crippen LogP contribution in [0.15, 0.2) is 36.4 Å². The van der Waals surface area contributed by atoms with Gasteiger partial charge in [-0.3, -0.25) is 0 Å². The zero-order valence-corrected chi connectivity index (χ0v) is 15.1. The molecule has 1 unspecified atom stereocenters. The van der Waals surface area contributed by atoms with Crippen molar-refractivity contribution < 1.29 is 4.39 Å². The van der Waals surface area contributed by atoms with Crippen LogP contribution in [0.25, 0.3) is 0 Å². The van der Waals surface area contributed by atoms with E-state index in [4.69, 9.17) is 0 Å². The van der Waals surface area contributed by atoms with Crippen LogP contribution in [0.2, 0.25) is 0 Å². The highest BCUT2D eigenvalue weighted by atomic mass is 19.1. The third-order valence-corrected chi connectivity index (χ3v) is 5.36. The first-order chi connectivity index (χ1) is 11.7. The van der Waals surface area contributed by atoms with Crippen LogP contribution in [0.1, 0.15) is 73.3 Å². The van der Waals surface area contributed by atoms with E-state index in [2.05, 4.69) is 38.1 Å². The second kappa shape index (κ2) is 7.96. The summed E-state index contributed by atoms with van der Waals surface area (Å²) in [6.45, 7) is 4.38. The lowest BCUT2D eigenvalue weighted by atomic mass is 9.79. The quantitative estimate of drug-likeness (QED) is 0.577. The fourth-order valence-corrected chi connectivity index (χ4v) is 3.96. The molecule has 0 saturated heterocycles. The van der Waals surface area contributed by atoms with Crippen molar-refractivity contribution in [1.82, 2.24) is 0 Å². The predicted molar refractivity (Wildman–Crippen MR) is 100 cm³/mol. The van der Waals surface area contributed by atoms with E-state index in [1.54, 1.807) is 6.07 Å². The van der Waals surface area contributed by atoms with E-state index in [1.165, 1.54) is 36.0 Å². The molecule has 0 fully saturated rings. The Bertz CT molecular complexity index is 686. The van der Waals surface area contributed by atoms with Crippen molar-refractivity contribution in [3.8, 4) is 0 Å². The standard InChI is InChI=1S/C23H29F/c1-3-5-7-18-8-10-20-16-21(12-11-19(20)14-18)22-13-9-17(6-4-2)15-23(22)24/h8-10,13-15,21H,3-7,11-12,16H2,1-2H3. The number of halogens is 1. The van der Waals surface area contributed by atoms with Gasteiger partial charge in [-0.1, -0.05) is 57.0 Å². The Morgan fingerprint density at radius 1 is 0.917 bits per heavy atom. The van der Waals surface area contributed by atoms with E-state index in [-0.39, 0.29) is 5.82 Å². The molecular weight excluding hydrogens is 295 g/mol. The minimum atomic E-state index is -0.00559. The van der Waals surface area contributed by atoms with E-state index in [9.17, 15) is 4.39 Å². The van der Waals surface area contributed by atoms with Crippen molar-refractivity contribution in [1.29, 1.82) is 0 Å². The van der Waals surface area contributed by atoms with Gasteiger partial charge in [0, 0.05) is 0 Å². The number of fused-ring (bicyclic) bond motifs is 1. The zero-order valence-electron chi connectivity index (χ0n) is 15.1. The van der Waals surface area contributed by atoms with Crippen LogP contribution in [0.5, 0.6) is 0 Å². The number of rotatable bonds is 6. The number of unbranched alkanes of at least 4 members (excludes halogenated alkanes) is 1. The molecule has 0 spiro atoms. The van der Waals surface area contributed by atoms with Crippen molar-refractivity contribution in [3.63, 3.8) is 0 Å². The largest absolute Gasteiger partial charge is 0.207 e. The highest BCUT2D eigenvalue weighted by molar-refractivity contribution is 5.38. The predicted octanol–water partition coefficient (Wildman–Crippen LogP) is 6.39. The highest BCUT2D eigenvalue weighted by Gasteiger charge is 2.22. The van der Waals surface area contributed by atoms with Crippen LogP contribution in [-0.2, 0) is 25.7 Å². The smallest absolute Gasteiger partial charge is 0.126 e. The summed E-state index contributed by atoms with van der Waals surface area (Å²) in [6, 6.07) is 12.9. The Hall–Kier alpha value is -1.63. The van der Waals surface area contributed by atoms with Gasteiger partial charge >= 0.3 is 0 Å². The molecule has 0 saturated carbocycles. The van der Waals surface area contributed by atoms with Crippen LogP contribution in [0.3, 0.4) is 0 Å². The van der Waals surface area contributed by atoms with Gasteiger partial charge in [-0.05, 0) is 78.3 Å². The Morgan fingerprint density at radius 2 is 1.71 bits per heavy atom. The summed E-state index contributed by atoms with van der Waals surface area (Å²) in [4.78, 5) is 0. The number of benzene rings is 2. The molecule has 0 aromatic heterocycles. The van der Waals surface area contributed by atoms with Crippen LogP contribution in [0, 0.1) is 5.82 Å². The molecule has 3 rings (SSSR count). The summed E-state index contributed by atoms with van der Waals surface area (Å²) >= 11 is 0. The van der Waals surface area contributed by atoms with Crippen molar-refractivity contribution >= 4 is 0 Å². The molecule has 128 valence electrons. The minimum absolute atomic E-state index is 0.00559. The summed E-state index contributed by atoms with van der Waals surface area (Å²) in [5, 5.41) is 0. The Morgan fingerprint density at radius 3 is 2.46 bits per heavy atom. The number of hydrogen-bond acceptors (Lipinski definition) is 0. The Kier molecular flexibility index (Phi) is 5.71. The molecule has 1 aliphatic carbocycles. The van der Waals surface area contributed by atoms with Gasteiger partial charge in [0.25, 0.3) is 0 Å². The molecule has 0 amide bonds. The van der Waals surface area contributed by atoms with E-state index in [0.29, 0.717) is 5.92 Å². The first-order valence-electron chi connectivity index (χ1n) is 9.60. The van der Waals surface area contributed by atoms with Gasteiger partial charge in [0.1, 0.15) is 5.82 Å². The third kappa shape index (κ3) is 3.88. The third-order valence-electron chi connectivity index (χ3n) is 5.36. The Labute approximate surface area is 146 Å². The van der Waals surface area contributed by atoms with Gasteiger partial charge in [-0.2, -0.15) is 0 Å². The van der Waals surface area contributed by atoms with Gasteiger partial charge in [-0.15, -0.1) is 0 Å². The normalized spacial score (nSPS) is 16.9. The van der Waals surface area contributed by atoms with E-state index in [1.807, 2.05) is 6.07 Å². The highest BCUT2D eigenvalue weighted by Crippen LogP contribution is 2.34. The Balaban J connectivity index is 1.75. The minimum Gasteiger partial charge on any atom is -0.207 e. The molecule has 1 aliphatic rings. The molecule has 0 nitrogen and oxygen atoms in total. The number of hydrogen-bond donors (Lipinski definition) is 0. The van der Waals surface area contributed by atoms with Crippen molar-refractivity contribution in [2.24, 2.45) is 0 Å². The molecule has 1 heteroatoms. The summed E-state index contributed by atoms with van der Waals surface area (Å²) < 4.78 is 14.5. The first kappa shape index (κ1) is 17.2. The van der Waals surface area contributed by atoms with Crippen LogP contribution >= 0.6 is 0 Å². The topological polar surface area (TPSA) is 0 Å². The van der Waals surface area contributed by atoms with Crippen LogP contribution in [0.4, 0.5) is 4.39 Å². The molecule has 2 aromatic carbocycles. The zero-order chi connectivity index (χ0) is 16.9.